The van der Waals surface area contributed by atoms with Crippen LogP contribution in [0.1, 0.15) is 67.9 Å². The van der Waals surface area contributed by atoms with Gasteiger partial charge in [-0.25, -0.2) is 4.79 Å². The predicted molar refractivity (Wildman–Crippen MR) is 103 cm³/mol. The van der Waals surface area contributed by atoms with Crippen LogP contribution < -0.4 is 10.6 Å². The van der Waals surface area contributed by atoms with E-state index in [0.29, 0.717) is 12.0 Å². The Balaban J connectivity index is 1.85. The van der Waals surface area contributed by atoms with Crippen molar-refractivity contribution in [3.8, 4) is 6.07 Å². The highest BCUT2D eigenvalue weighted by Crippen LogP contribution is 2.20. The molecule has 0 atom stereocenters. The van der Waals surface area contributed by atoms with Crippen molar-refractivity contribution >= 4 is 12.0 Å². The first-order valence-electron chi connectivity index (χ1n) is 9.45. The molecule has 0 heterocycles. The summed E-state index contributed by atoms with van der Waals surface area (Å²) in [5, 5.41) is 14.8. The molecule has 0 radical (unpaired) electrons. The number of nitriles is 1. The minimum atomic E-state index is -0.507. The maximum Gasteiger partial charge on any atom is 0.407 e. The third kappa shape index (κ3) is 6.59. The summed E-state index contributed by atoms with van der Waals surface area (Å²) in [6, 6.07) is 7.83. The SMILES string of the molecule is Cc1ccc(CC#N)cc1C(=O)N[C@H]1CC[C@@H](NC(=O)OC(C)(C)C)CC1. The number of hydrogen-bond donors (Lipinski definition) is 2. The summed E-state index contributed by atoms with van der Waals surface area (Å²) >= 11 is 0. The molecule has 1 aliphatic carbocycles. The number of aryl methyl sites for hydroxylation is 1. The molecule has 0 aromatic heterocycles. The smallest absolute Gasteiger partial charge is 0.407 e. The summed E-state index contributed by atoms with van der Waals surface area (Å²) in [7, 11) is 0. The highest BCUT2D eigenvalue weighted by atomic mass is 16.6. The zero-order valence-electron chi connectivity index (χ0n) is 16.6. The van der Waals surface area contributed by atoms with Crippen molar-refractivity contribution in [2.45, 2.75) is 77.5 Å². The molecule has 1 saturated carbocycles. The van der Waals surface area contributed by atoms with E-state index in [-0.39, 0.29) is 24.1 Å². The standard InChI is InChI=1S/C21H29N3O3/c1-14-5-6-15(11-12-22)13-18(14)19(25)23-16-7-9-17(10-8-16)24-20(26)27-21(2,3)4/h5-6,13,16-17H,7-11H2,1-4H3,(H,23,25)(H,24,26)/t16-,17+. The summed E-state index contributed by atoms with van der Waals surface area (Å²) in [5.41, 5.74) is 1.86. The van der Waals surface area contributed by atoms with Crippen molar-refractivity contribution in [3.63, 3.8) is 0 Å². The van der Waals surface area contributed by atoms with Gasteiger partial charge >= 0.3 is 6.09 Å². The van der Waals surface area contributed by atoms with Crippen LogP contribution in [0.25, 0.3) is 0 Å². The number of nitrogens with one attached hydrogen (secondary N) is 2. The Bertz CT molecular complexity index is 723. The molecule has 6 nitrogen and oxygen atoms in total. The van der Waals surface area contributed by atoms with Crippen LogP contribution in [0, 0.1) is 18.3 Å². The van der Waals surface area contributed by atoms with Gasteiger partial charge in [-0.1, -0.05) is 12.1 Å². The summed E-state index contributed by atoms with van der Waals surface area (Å²) in [6.07, 6.45) is 3.13. The van der Waals surface area contributed by atoms with Crippen LogP contribution in [0.4, 0.5) is 4.79 Å². The van der Waals surface area contributed by atoms with E-state index in [9.17, 15) is 9.59 Å². The average molecular weight is 371 g/mol. The maximum atomic E-state index is 12.6. The van der Waals surface area contributed by atoms with Gasteiger partial charge < -0.3 is 15.4 Å². The third-order valence-corrected chi connectivity index (χ3v) is 4.61. The Morgan fingerprint density at radius 1 is 1.15 bits per heavy atom. The molecule has 2 N–H and O–H groups in total. The van der Waals surface area contributed by atoms with Crippen molar-refractivity contribution in [3.05, 3.63) is 34.9 Å². The molecule has 2 rings (SSSR count). The summed E-state index contributed by atoms with van der Waals surface area (Å²) in [6.45, 7) is 7.42. The predicted octanol–water partition coefficient (Wildman–Crippen LogP) is 3.63. The van der Waals surface area contributed by atoms with Crippen LogP contribution >= 0.6 is 0 Å². The number of nitrogens with zero attached hydrogens (tertiary/aromatic N) is 1. The second-order valence-corrected chi connectivity index (χ2v) is 8.15. The van der Waals surface area contributed by atoms with E-state index < -0.39 is 5.60 Å². The summed E-state index contributed by atoms with van der Waals surface area (Å²) < 4.78 is 5.29. The highest BCUT2D eigenvalue weighted by molar-refractivity contribution is 5.96. The number of amides is 2. The number of carbonyl (C=O) groups excluding carboxylic acids is 2. The molecular weight excluding hydrogens is 342 g/mol. The van der Waals surface area contributed by atoms with Gasteiger partial charge in [-0.05, 0) is 70.6 Å². The Hall–Kier alpha value is -2.55. The molecule has 1 fully saturated rings. The molecule has 1 aliphatic rings. The lowest BCUT2D eigenvalue weighted by molar-refractivity contribution is 0.0488. The molecule has 2 amide bonds. The number of benzene rings is 1. The molecule has 0 spiro atoms. The van der Waals surface area contributed by atoms with Crippen LogP contribution in [0.15, 0.2) is 18.2 Å². The average Bonchev–Trinajstić information content (AvgIpc) is 2.57. The van der Waals surface area contributed by atoms with E-state index >= 15 is 0 Å². The van der Waals surface area contributed by atoms with Gasteiger partial charge in [0.1, 0.15) is 5.60 Å². The molecule has 0 unspecified atom stereocenters. The van der Waals surface area contributed by atoms with Gasteiger partial charge in [-0.3, -0.25) is 4.79 Å². The monoisotopic (exact) mass is 371 g/mol. The number of alkyl carbamates (subject to hydrolysis) is 1. The van der Waals surface area contributed by atoms with E-state index in [0.717, 1.165) is 36.8 Å². The van der Waals surface area contributed by atoms with Gasteiger partial charge in [-0.2, -0.15) is 5.26 Å². The Labute approximate surface area is 161 Å². The van der Waals surface area contributed by atoms with Gasteiger partial charge in [0.05, 0.1) is 12.5 Å². The number of carbonyl (C=O) groups is 2. The second kappa shape index (κ2) is 8.90. The van der Waals surface area contributed by atoms with E-state index in [4.69, 9.17) is 10.00 Å². The van der Waals surface area contributed by atoms with Gasteiger partial charge in [0, 0.05) is 17.6 Å². The Morgan fingerprint density at radius 3 is 2.30 bits per heavy atom. The molecule has 0 aliphatic heterocycles. The molecule has 1 aromatic carbocycles. The first-order chi connectivity index (χ1) is 12.7. The lowest BCUT2D eigenvalue weighted by atomic mass is 9.91. The van der Waals surface area contributed by atoms with Crippen molar-refractivity contribution in [1.82, 2.24) is 10.6 Å². The van der Waals surface area contributed by atoms with Gasteiger partial charge in [0.15, 0.2) is 0 Å². The van der Waals surface area contributed by atoms with E-state index in [1.807, 2.05) is 39.8 Å². The van der Waals surface area contributed by atoms with Gasteiger partial charge in [0.25, 0.3) is 5.91 Å². The number of ether oxygens (including phenoxy) is 1. The van der Waals surface area contributed by atoms with E-state index in [2.05, 4.69) is 16.7 Å². The van der Waals surface area contributed by atoms with Crippen molar-refractivity contribution in [2.75, 3.05) is 0 Å². The van der Waals surface area contributed by atoms with Crippen molar-refractivity contribution in [2.24, 2.45) is 0 Å². The zero-order valence-corrected chi connectivity index (χ0v) is 16.6. The number of hydrogen-bond acceptors (Lipinski definition) is 4. The first-order valence-corrected chi connectivity index (χ1v) is 9.45. The normalized spacial score (nSPS) is 19.7. The third-order valence-electron chi connectivity index (χ3n) is 4.61. The highest BCUT2D eigenvalue weighted by Gasteiger charge is 2.26. The number of rotatable bonds is 4. The van der Waals surface area contributed by atoms with Gasteiger partial charge in [-0.15, -0.1) is 0 Å². The lowest BCUT2D eigenvalue weighted by Crippen LogP contribution is -2.45. The van der Waals surface area contributed by atoms with Crippen LogP contribution in [0.3, 0.4) is 0 Å². The molecular formula is C21H29N3O3. The summed E-state index contributed by atoms with van der Waals surface area (Å²) in [5.74, 6) is -0.101. The Kier molecular flexibility index (Phi) is 6.84. The Morgan fingerprint density at radius 2 is 1.74 bits per heavy atom. The van der Waals surface area contributed by atoms with E-state index in [1.54, 1.807) is 6.07 Å². The molecule has 1 aromatic rings. The minimum absolute atomic E-state index is 0.0775. The van der Waals surface area contributed by atoms with Crippen LogP contribution in [-0.4, -0.2) is 29.7 Å². The fourth-order valence-corrected chi connectivity index (χ4v) is 3.23. The van der Waals surface area contributed by atoms with E-state index in [1.165, 1.54) is 0 Å². The molecule has 27 heavy (non-hydrogen) atoms. The zero-order chi connectivity index (χ0) is 20.0. The maximum absolute atomic E-state index is 12.6. The minimum Gasteiger partial charge on any atom is -0.444 e. The fourth-order valence-electron chi connectivity index (χ4n) is 3.23. The van der Waals surface area contributed by atoms with Crippen LogP contribution in [-0.2, 0) is 11.2 Å². The topological polar surface area (TPSA) is 91.2 Å². The molecule has 6 heteroatoms. The molecule has 0 saturated heterocycles. The first kappa shape index (κ1) is 20.8. The van der Waals surface area contributed by atoms with Crippen LogP contribution in [0.2, 0.25) is 0 Å². The molecule has 146 valence electrons. The summed E-state index contributed by atoms with van der Waals surface area (Å²) in [4.78, 5) is 24.5. The van der Waals surface area contributed by atoms with Crippen LogP contribution in [0.5, 0.6) is 0 Å². The quantitative estimate of drug-likeness (QED) is 0.845. The molecule has 0 bridgehead atoms. The van der Waals surface area contributed by atoms with Gasteiger partial charge in [0.2, 0.25) is 0 Å². The van der Waals surface area contributed by atoms with Crippen molar-refractivity contribution < 1.29 is 14.3 Å². The fraction of sp³-hybridized carbons (Fsp3) is 0.571. The van der Waals surface area contributed by atoms with Crippen molar-refractivity contribution in [1.29, 1.82) is 5.26 Å². The largest absolute Gasteiger partial charge is 0.444 e. The second-order valence-electron chi connectivity index (χ2n) is 8.15. The lowest BCUT2D eigenvalue weighted by Gasteiger charge is -2.30.